The molecule has 34 heavy (non-hydrogen) atoms. The lowest BCUT2D eigenvalue weighted by atomic mass is 9.73. The second-order valence-electron chi connectivity index (χ2n) is 8.14. The lowest BCUT2D eigenvalue weighted by Gasteiger charge is -2.36. The van der Waals surface area contributed by atoms with Crippen LogP contribution < -0.4 is 10.6 Å². The predicted molar refractivity (Wildman–Crippen MR) is 108 cm³/mol. The second-order valence-corrected chi connectivity index (χ2v) is 8.14. The first kappa shape index (κ1) is 24.9. The van der Waals surface area contributed by atoms with Crippen molar-refractivity contribution in [2.45, 2.75) is 44.3 Å². The van der Waals surface area contributed by atoms with Crippen molar-refractivity contribution in [2.75, 3.05) is 18.5 Å². The third-order valence-corrected chi connectivity index (χ3v) is 5.95. The number of carbonyl (C=O) groups excluding carboxylic acids is 4. The molecule has 1 saturated carbocycles. The number of amides is 4. The number of nitro benzene ring substituents is 1. The zero-order valence-corrected chi connectivity index (χ0v) is 17.9. The number of halogens is 3. The molecular weight excluding hydrogens is 465 g/mol. The minimum absolute atomic E-state index is 0.121. The maximum absolute atomic E-state index is 12.8. The summed E-state index contributed by atoms with van der Waals surface area (Å²) in [5, 5.41) is 15.7. The Morgan fingerprint density at radius 2 is 2.03 bits per heavy atom. The topological polar surface area (TPSA) is 148 Å². The molecule has 1 aliphatic carbocycles. The van der Waals surface area contributed by atoms with Crippen molar-refractivity contribution in [3.8, 4) is 0 Å². The van der Waals surface area contributed by atoms with E-state index >= 15 is 0 Å². The van der Waals surface area contributed by atoms with Gasteiger partial charge in [0.25, 0.3) is 17.5 Å². The Morgan fingerprint density at radius 1 is 1.32 bits per heavy atom. The monoisotopic (exact) mass is 486 g/mol. The Bertz CT molecular complexity index is 1050. The minimum Gasteiger partial charge on any atom is -0.454 e. The lowest BCUT2D eigenvalue weighted by Crippen LogP contribution is -2.54. The molecule has 1 aromatic rings. The van der Waals surface area contributed by atoms with E-state index in [1.165, 1.54) is 0 Å². The predicted octanol–water partition coefficient (Wildman–Crippen LogP) is 2.60. The van der Waals surface area contributed by atoms with Gasteiger partial charge in [-0.25, -0.2) is 4.79 Å². The van der Waals surface area contributed by atoms with Crippen molar-refractivity contribution >= 4 is 35.2 Å². The highest BCUT2D eigenvalue weighted by Crippen LogP contribution is 2.38. The van der Waals surface area contributed by atoms with Gasteiger partial charge in [-0.2, -0.15) is 13.2 Å². The van der Waals surface area contributed by atoms with Crippen molar-refractivity contribution in [3.05, 3.63) is 33.9 Å². The summed E-state index contributed by atoms with van der Waals surface area (Å²) in [6, 6.07) is 0.773. The highest BCUT2D eigenvalue weighted by molar-refractivity contribution is 6.09. The molecule has 2 unspecified atom stereocenters. The van der Waals surface area contributed by atoms with E-state index in [1.807, 2.05) is 12.2 Å². The van der Waals surface area contributed by atoms with Gasteiger partial charge in [0.1, 0.15) is 17.8 Å². The van der Waals surface area contributed by atoms with Crippen molar-refractivity contribution in [2.24, 2.45) is 5.92 Å². The van der Waals surface area contributed by atoms with Gasteiger partial charge in [-0.15, -0.1) is 0 Å². The van der Waals surface area contributed by atoms with Gasteiger partial charge in [-0.1, -0.05) is 19.8 Å². The van der Waals surface area contributed by atoms with Gasteiger partial charge < -0.3 is 15.4 Å². The number of esters is 1. The fourth-order valence-corrected chi connectivity index (χ4v) is 4.11. The maximum Gasteiger partial charge on any atom is 0.416 e. The summed E-state index contributed by atoms with van der Waals surface area (Å²) in [5.41, 5.74) is -3.88. The number of nitro groups is 1. The van der Waals surface area contributed by atoms with Gasteiger partial charge in [0.05, 0.1) is 10.5 Å². The molecule has 1 aromatic carbocycles. The Kier molecular flexibility index (Phi) is 6.79. The van der Waals surface area contributed by atoms with E-state index < -0.39 is 70.5 Å². The normalized spacial score (nSPS) is 22.5. The first-order chi connectivity index (χ1) is 15.8. The zero-order chi connectivity index (χ0) is 25.3. The van der Waals surface area contributed by atoms with Crippen LogP contribution in [0.2, 0.25) is 0 Å². The van der Waals surface area contributed by atoms with Crippen molar-refractivity contribution in [1.29, 1.82) is 0 Å². The molecular formula is C20H21F3N4O7. The fraction of sp³-hybridized carbons (Fsp3) is 0.500. The van der Waals surface area contributed by atoms with Crippen LogP contribution in [0, 0.1) is 16.0 Å². The summed E-state index contributed by atoms with van der Waals surface area (Å²) in [7, 11) is 0. The van der Waals surface area contributed by atoms with Crippen LogP contribution in [0.4, 0.5) is 29.3 Å². The Labute approximate surface area is 190 Å². The molecule has 1 aliphatic heterocycles. The van der Waals surface area contributed by atoms with Crippen molar-refractivity contribution in [1.82, 2.24) is 10.2 Å². The molecule has 1 heterocycles. The number of anilines is 1. The van der Waals surface area contributed by atoms with Gasteiger partial charge >= 0.3 is 18.2 Å². The summed E-state index contributed by atoms with van der Waals surface area (Å²) in [6.07, 6.45) is -1.99. The molecule has 2 atom stereocenters. The Hall–Kier alpha value is -3.71. The van der Waals surface area contributed by atoms with Crippen LogP contribution in [-0.2, 0) is 25.3 Å². The van der Waals surface area contributed by atoms with Crippen LogP contribution in [-0.4, -0.2) is 52.3 Å². The molecule has 1 spiro atoms. The third-order valence-electron chi connectivity index (χ3n) is 5.95. The fourth-order valence-electron chi connectivity index (χ4n) is 4.11. The molecule has 0 bridgehead atoms. The number of nitrogens with zero attached hydrogens (tertiary/aromatic N) is 2. The first-order valence-electron chi connectivity index (χ1n) is 10.3. The van der Waals surface area contributed by atoms with Gasteiger partial charge in [-0.3, -0.25) is 29.4 Å². The molecule has 184 valence electrons. The summed E-state index contributed by atoms with van der Waals surface area (Å²) < 4.78 is 43.1. The summed E-state index contributed by atoms with van der Waals surface area (Å²) >= 11 is 0. The van der Waals surface area contributed by atoms with Crippen molar-refractivity contribution in [3.63, 3.8) is 0 Å². The smallest absolute Gasteiger partial charge is 0.416 e. The number of hydrogen-bond acceptors (Lipinski definition) is 7. The molecule has 2 fully saturated rings. The maximum atomic E-state index is 12.8. The SMILES string of the molecule is CC1CCCCC12NC(=O)N(CC(=O)OCC(=O)Nc1ccc(C(F)(F)F)cc1[N+](=O)[O-])C2=O. The van der Waals surface area contributed by atoms with Gasteiger partial charge in [0.2, 0.25) is 0 Å². The van der Waals surface area contributed by atoms with E-state index in [1.54, 1.807) is 0 Å². The molecule has 2 N–H and O–H groups in total. The number of ether oxygens (including phenoxy) is 1. The van der Waals surface area contributed by atoms with Crippen LogP contribution in [0.15, 0.2) is 18.2 Å². The molecule has 1 saturated heterocycles. The number of nitrogens with one attached hydrogen (secondary N) is 2. The number of rotatable bonds is 6. The van der Waals surface area contributed by atoms with Gasteiger partial charge in [0, 0.05) is 6.07 Å². The Morgan fingerprint density at radius 3 is 2.65 bits per heavy atom. The van der Waals surface area contributed by atoms with Gasteiger partial charge in [-0.05, 0) is 30.9 Å². The molecule has 3 rings (SSSR count). The molecule has 14 heteroatoms. The zero-order valence-electron chi connectivity index (χ0n) is 17.9. The third kappa shape index (κ3) is 4.94. The van der Waals surface area contributed by atoms with Crippen LogP contribution in [0.3, 0.4) is 0 Å². The average molecular weight is 486 g/mol. The number of hydrogen-bond donors (Lipinski definition) is 2. The summed E-state index contributed by atoms with van der Waals surface area (Å²) in [5.74, 6) is -2.82. The van der Waals surface area contributed by atoms with Crippen molar-refractivity contribution < 1.29 is 42.0 Å². The highest BCUT2D eigenvalue weighted by Gasteiger charge is 2.55. The number of benzene rings is 1. The number of carbonyl (C=O) groups is 4. The van der Waals surface area contributed by atoms with E-state index in [2.05, 4.69) is 5.32 Å². The van der Waals surface area contributed by atoms with Gasteiger partial charge in [0.15, 0.2) is 6.61 Å². The largest absolute Gasteiger partial charge is 0.454 e. The van der Waals surface area contributed by atoms with Crippen LogP contribution in [0.25, 0.3) is 0 Å². The van der Waals surface area contributed by atoms with E-state index in [9.17, 15) is 42.5 Å². The molecule has 2 aliphatic rings. The lowest BCUT2D eigenvalue weighted by molar-refractivity contribution is -0.384. The average Bonchev–Trinajstić information content (AvgIpc) is 2.98. The number of urea groups is 1. The quantitative estimate of drug-likeness (QED) is 0.272. The highest BCUT2D eigenvalue weighted by atomic mass is 19.4. The van der Waals surface area contributed by atoms with E-state index in [0.717, 1.165) is 19.3 Å². The molecule has 4 amide bonds. The summed E-state index contributed by atoms with van der Waals surface area (Å²) in [6.45, 7) is 0.152. The standard InChI is InChI=1S/C20H21F3N4O7/c1-11-4-2-3-7-19(11)17(30)26(18(31)25-19)9-16(29)34-10-15(28)24-13-6-5-12(20(21,22)23)8-14(13)27(32)33/h5-6,8,11H,2-4,7,9-10H2,1H3,(H,24,28)(H,25,31). The Balaban J connectivity index is 1.59. The van der Waals surface area contributed by atoms with E-state index in [4.69, 9.17) is 4.74 Å². The van der Waals surface area contributed by atoms with E-state index in [0.29, 0.717) is 23.5 Å². The van der Waals surface area contributed by atoms with Crippen LogP contribution in [0.1, 0.15) is 38.2 Å². The summed E-state index contributed by atoms with van der Waals surface area (Å²) in [4.78, 5) is 60.0. The number of imide groups is 1. The molecule has 0 aromatic heterocycles. The van der Waals surface area contributed by atoms with Crippen LogP contribution >= 0.6 is 0 Å². The van der Waals surface area contributed by atoms with Crippen LogP contribution in [0.5, 0.6) is 0 Å². The molecule has 0 radical (unpaired) electrons. The first-order valence-corrected chi connectivity index (χ1v) is 10.3. The number of alkyl halides is 3. The van der Waals surface area contributed by atoms with E-state index in [-0.39, 0.29) is 12.0 Å². The minimum atomic E-state index is -4.82. The second kappa shape index (κ2) is 9.27. The molecule has 11 nitrogen and oxygen atoms in total.